The monoisotopic (exact) mass is 958 g/mol. The lowest BCUT2D eigenvalue weighted by molar-refractivity contribution is -0.151. The summed E-state index contributed by atoms with van der Waals surface area (Å²) in [7, 11) is -2.97. The summed E-state index contributed by atoms with van der Waals surface area (Å²) in [6.07, 6.45) is 12.2. The summed E-state index contributed by atoms with van der Waals surface area (Å²) in [5.74, 6) is -2.81. The van der Waals surface area contributed by atoms with E-state index in [1.165, 1.54) is 52.2 Å². The number of carboxylic acid groups (broad SMARTS) is 1. The van der Waals surface area contributed by atoms with Gasteiger partial charge >= 0.3 is 52.1 Å². The Hall–Kier alpha value is -3.36. The zero-order chi connectivity index (χ0) is 50.6. The molecule has 3 rings (SSSR count). The van der Waals surface area contributed by atoms with E-state index in [-0.39, 0.29) is 102 Å². The molecule has 3 fully saturated rings. The number of carboxylic acids is 1. The van der Waals surface area contributed by atoms with Crippen molar-refractivity contribution in [3.63, 3.8) is 0 Å². The van der Waals surface area contributed by atoms with E-state index >= 15 is 0 Å². The molecule has 3 aliphatic rings. The maximum Gasteiger partial charge on any atom is 0.373 e. The molecular formula is C40H83B4N9O14. The van der Waals surface area contributed by atoms with Crippen LogP contribution in [0.5, 0.6) is 0 Å². The van der Waals surface area contributed by atoms with Crippen molar-refractivity contribution in [2.45, 2.75) is 179 Å². The minimum atomic E-state index is -1.07. The summed E-state index contributed by atoms with van der Waals surface area (Å²) in [4.78, 5) is 68.4. The van der Waals surface area contributed by atoms with Crippen LogP contribution in [0.2, 0.25) is 27.3 Å². The molecule has 3 saturated carbocycles. The Morgan fingerprint density at radius 1 is 0.493 bits per heavy atom. The van der Waals surface area contributed by atoms with E-state index in [4.69, 9.17) is 46.6 Å². The summed E-state index contributed by atoms with van der Waals surface area (Å²) < 4.78 is 15.4. The maximum atomic E-state index is 11.9. The highest BCUT2D eigenvalue weighted by Crippen LogP contribution is 2.19. The van der Waals surface area contributed by atoms with Gasteiger partial charge in [-0.25, -0.2) is 0 Å². The molecule has 0 aliphatic heterocycles. The van der Waals surface area contributed by atoms with Gasteiger partial charge in [-0.2, -0.15) is 0 Å². The minimum Gasteiger partial charge on any atom is -0.481 e. The smallest absolute Gasteiger partial charge is 0.373 e. The largest absolute Gasteiger partial charge is 0.481 e. The molecule has 3 aliphatic carbocycles. The number of nitrogens with two attached hydrogens (primary N) is 3. The third-order valence-electron chi connectivity index (χ3n) is 10.5. The molecule has 0 bridgehead atoms. The standard InChI is InChI=1S/C14H29B2N3O5.C12H23N3O3.C9H20B2N2O6.C5H11N/c1-15(22)17-9-12(10-18-16(2)23)24-14(21)8-7-13(20)19-11-5-3-4-6-11;13-7-10(8-14)18-12(17)6-5-11(16)15-9-3-1-2-4-9;1-10(17)12-5-7(6-13-11(2)18)19-9(16)4-3-8(14)15;6-5-3-1-2-4-5/h11-12,17-18,22-23H,3-10H2,1-2H3,(H,19,20);9-10H,1-8,13-14H2,(H,15,16);7,12-13,17-18H,3-6H2,1-2H3,(H,14,15);5H,1-4,6H2. The molecule has 2 amide bonds. The van der Waals surface area contributed by atoms with Crippen LogP contribution >= 0.6 is 0 Å². The fourth-order valence-electron chi connectivity index (χ4n) is 6.78. The molecule has 0 radical (unpaired) electrons. The Balaban J connectivity index is 0.000000923. The number of hydrogen-bond acceptors (Lipinski definition) is 20. The number of nitrogens with one attached hydrogen (secondary N) is 6. The first-order chi connectivity index (χ1) is 31.7. The van der Waals surface area contributed by atoms with Crippen LogP contribution < -0.4 is 48.7 Å². The number of rotatable bonds is 28. The fraction of sp³-hybridized carbons (Fsp3) is 0.850. The Kier molecular flexibility index (Phi) is 37.5. The van der Waals surface area contributed by atoms with Crippen molar-refractivity contribution < 1.29 is 68.2 Å². The van der Waals surface area contributed by atoms with Gasteiger partial charge in [-0.1, -0.05) is 38.5 Å². The van der Waals surface area contributed by atoms with Crippen molar-refractivity contribution in [3.8, 4) is 0 Å². The van der Waals surface area contributed by atoms with E-state index in [1.807, 2.05) is 0 Å². The lowest BCUT2D eigenvalue weighted by Crippen LogP contribution is -2.46. The average Bonchev–Trinajstić information content (AvgIpc) is 4.09. The van der Waals surface area contributed by atoms with Crippen molar-refractivity contribution >= 4 is 63.9 Å². The predicted octanol–water partition coefficient (Wildman–Crippen LogP) is -2.16. The SMILES string of the molecule is CB(O)NCC(CNB(C)O)OC(=O)CCC(=O)NC1CCCC1.CB(O)NCC(CNB(C)O)OC(=O)CCC(=O)O.NC1CCCC1.NCC(CN)OC(=O)CCC(=O)NC1CCCC1. The second kappa shape index (κ2) is 39.5. The van der Waals surface area contributed by atoms with Crippen molar-refractivity contribution in [3.05, 3.63) is 0 Å². The molecule has 0 unspecified atom stereocenters. The van der Waals surface area contributed by atoms with E-state index in [1.54, 1.807) is 13.6 Å². The van der Waals surface area contributed by atoms with Crippen LogP contribution in [0.15, 0.2) is 0 Å². The number of ether oxygens (including phenoxy) is 3. The lowest BCUT2D eigenvalue weighted by Gasteiger charge is -2.20. The first kappa shape index (κ1) is 63.6. The quantitative estimate of drug-likeness (QED) is 0.0226. The second-order valence-electron chi connectivity index (χ2n) is 17.2. The van der Waals surface area contributed by atoms with Gasteiger partial charge in [-0.05, 0) is 65.8 Å². The van der Waals surface area contributed by atoms with Gasteiger partial charge in [0.1, 0.15) is 18.3 Å². The zero-order valence-electron chi connectivity index (χ0n) is 40.4. The van der Waals surface area contributed by atoms with Crippen molar-refractivity contribution in [2.24, 2.45) is 17.2 Å². The zero-order valence-corrected chi connectivity index (χ0v) is 40.4. The fourth-order valence-corrected chi connectivity index (χ4v) is 6.78. The average molecular weight is 957 g/mol. The third-order valence-corrected chi connectivity index (χ3v) is 10.5. The third kappa shape index (κ3) is 39.2. The first-order valence-corrected chi connectivity index (χ1v) is 23.9. The normalized spacial score (nSPS) is 14.8. The predicted molar refractivity (Wildman–Crippen MR) is 258 cm³/mol. The van der Waals surface area contributed by atoms with Gasteiger partial charge in [-0.3, -0.25) is 28.8 Å². The number of esters is 3. The number of carbonyl (C=O) groups excluding carboxylic acids is 5. The van der Waals surface area contributed by atoms with Crippen molar-refractivity contribution in [2.75, 3.05) is 39.3 Å². The molecule has 0 heterocycles. The van der Waals surface area contributed by atoms with E-state index in [9.17, 15) is 38.8 Å². The van der Waals surface area contributed by atoms with Crippen LogP contribution in [0, 0.1) is 0 Å². The molecule has 23 nitrogen and oxygen atoms in total. The van der Waals surface area contributed by atoms with Crippen LogP contribution in [-0.4, -0.2) is 165 Å². The molecule has 0 aromatic rings. The van der Waals surface area contributed by atoms with Crippen LogP contribution in [0.25, 0.3) is 0 Å². The van der Waals surface area contributed by atoms with Gasteiger partial charge in [0.2, 0.25) is 11.8 Å². The van der Waals surface area contributed by atoms with Gasteiger partial charge in [0.05, 0.1) is 25.7 Å². The van der Waals surface area contributed by atoms with E-state index in [0.717, 1.165) is 38.5 Å². The van der Waals surface area contributed by atoms with Crippen LogP contribution in [-0.2, 0) is 43.0 Å². The minimum absolute atomic E-state index is 0.0123. The highest BCUT2D eigenvalue weighted by molar-refractivity contribution is 6.46. The molecule has 0 saturated heterocycles. The first-order valence-electron chi connectivity index (χ1n) is 23.9. The molecule has 17 N–H and O–H groups in total. The molecule has 0 spiro atoms. The summed E-state index contributed by atoms with van der Waals surface area (Å²) in [6, 6.07) is 1.08. The molecule has 67 heavy (non-hydrogen) atoms. The highest BCUT2D eigenvalue weighted by atomic mass is 16.6. The molecule has 27 heteroatoms. The van der Waals surface area contributed by atoms with Crippen LogP contribution in [0.4, 0.5) is 0 Å². The molecule has 0 atom stereocenters. The Bertz CT molecular complexity index is 1320. The van der Waals surface area contributed by atoms with Gasteiger partial charge in [-0.15, -0.1) is 0 Å². The molecule has 0 aromatic carbocycles. The van der Waals surface area contributed by atoms with Gasteiger partial charge in [0.15, 0.2) is 0 Å². The summed E-state index contributed by atoms with van der Waals surface area (Å²) in [5, 5.41) is 61.9. The number of hydrogen-bond donors (Lipinski definition) is 14. The number of amides is 2. The van der Waals surface area contributed by atoms with Crippen LogP contribution in [0.3, 0.4) is 0 Å². The van der Waals surface area contributed by atoms with E-state index in [0.29, 0.717) is 6.04 Å². The van der Waals surface area contributed by atoms with E-state index in [2.05, 4.69) is 31.5 Å². The van der Waals surface area contributed by atoms with Gasteiger partial charge in [0.25, 0.3) is 0 Å². The molecule has 0 aromatic heterocycles. The molecular weight excluding hydrogens is 874 g/mol. The van der Waals surface area contributed by atoms with Crippen LogP contribution in [0.1, 0.15) is 116 Å². The van der Waals surface area contributed by atoms with Crippen molar-refractivity contribution in [1.82, 2.24) is 31.5 Å². The summed E-state index contributed by atoms with van der Waals surface area (Å²) >= 11 is 0. The Labute approximate surface area is 398 Å². The highest BCUT2D eigenvalue weighted by Gasteiger charge is 2.22. The number of carbonyl (C=O) groups is 6. The summed E-state index contributed by atoms with van der Waals surface area (Å²) in [5.41, 5.74) is 16.3. The van der Waals surface area contributed by atoms with Crippen molar-refractivity contribution in [1.29, 1.82) is 0 Å². The van der Waals surface area contributed by atoms with Gasteiger partial charge in [0, 0.05) is 70.2 Å². The summed E-state index contributed by atoms with van der Waals surface area (Å²) in [6.45, 7) is 7.45. The van der Waals surface area contributed by atoms with E-state index < -0.39 is 70.4 Å². The Morgan fingerprint density at radius 3 is 1.03 bits per heavy atom. The Morgan fingerprint density at radius 2 is 0.776 bits per heavy atom. The number of aliphatic carboxylic acids is 1. The molecule has 384 valence electrons. The maximum absolute atomic E-state index is 11.9. The van der Waals surface area contributed by atoms with Gasteiger partial charge < -0.3 is 88.2 Å². The lowest BCUT2D eigenvalue weighted by atomic mass is 9.87. The topological polar surface area (TPSA) is 381 Å². The second-order valence-corrected chi connectivity index (χ2v) is 17.2.